The summed E-state index contributed by atoms with van der Waals surface area (Å²) < 4.78 is 0. The SMILES string of the molecule is CCN(CC)C(=O)C(c1ccccc1)N1CCN(c2cc[c]c(C(N)=O)n2)CC1. The zero-order valence-corrected chi connectivity index (χ0v) is 17.0. The van der Waals surface area contributed by atoms with Crippen molar-refractivity contribution >= 4 is 17.6 Å². The van der Waals surface area contributed by atoms with E-state index in [0.29, 0.717) is 32.0 Å². The fraction of sp³-hybridized carbons (Fsp3) is 0.409. The van der Waals surface area contributed by atoms with Crippen LogP contribution in [0.2, 0.25) is 0 Å². The third kappa shape index (κ3) is 4.74. The van der Waals surface area contributed by atoms with E-state index in [1.54, 1.807) is 6.07 Å². The Morgan fingerprint density at radius 1 is 1.10 bits per heavy atom. The summed E-state index contributed by atoms with van der Waals surface area (Å²) in [4.78, 5) is 35.2. The van der Waals surface area contributed by atoms with E-state index in [-0.39, 0.29) is 17.6 Å². The minimum Gasteiger partial charge on any atom is -0.364 e. The fourth-order valence-electron chi connectivity index (χ4n) is 3.74. The van der Waals surface area contributed by atoms with Crippen LogP contribution in [-0.4, -0.2) is 65.9 Å². The molecule has 2 N–H and O–H groups in total. The minimum absolute atomic E-state index is 0.137. The van der Waals surface area contributed by atoms with Gasteiger partial charge in [-0.3, -0.25) is 14.5 Å². The number of hydrogen-bond donors (Lipinski definition) is 1. The molecule has 1 unspecified atom stereocenters. The molecule has 7 heteroatoms. The van der Waals surface area contributed by atoms with Crippen LogP contribution in [0.15, 0.2) is 42.5 Å². The number of carbonyl (C=O) groups is 2. The number of likely N-dealkylation sites (N-methyl/N-ethyl adjacent to an activating group) is 1. The molecule has 1 aromatic heterocycles. The highest BCUT2D eigenvalue weighted by Crippen LogP contribution is 2.26. The molecule has 1 fully saturated rings. The number of nitrogens with zero attached hydrogens (tertiary/aromatic N) is 4. The summed E-state index contributed by atoms with van der Waals surface area (Å²) in [6.45, 7) is 8.27. The summed E-state index contributed by atoms with van der Waals surface area (Å²) in [5, 5.41) is 0. The van der Waals surface area contributed by atoms with E-state index in [1.807, 2.05) is 55.1 Å². The van der Waals surface area contributed by atoms with Crippen LogP contribution >= 0.6 is 0 Å². The maximum absolute atomic E-state index is 13.3. The van der Waals surface area contributed by atoms with Gasteiger partial charge in [0.2, 0.25) is 5.91 Å². The largest absolute Gasteiger partial charge is 0.364 e. The maximum Gasteiger partial charge on any atom is 0.268 e. The zero-order valence-electron chi connectivity index (χ0n) is 17.0. The molecule has 0 aliphatic carbocycles. The van der Waals surface area contributed by atoms with Crippen LogP contribution in [0.4, 0.5) is 5.82 Å². The first-order chi connectivity index (χ1) is 14.0. The second-order valence-corrected chi connectivity index (χ2v) is 7.01. The molecule has 0 spiro atoms. The van der Waals surface area contributed by atoms with Gasteiger partial charge in [-0.1, -0.05) is 30.3 Å². The lowest BCUT2D eigenvalue weighted by molar-refractivity contribution is -0.137. The number of anilines is 1. The summed E-state index contributed by atoms with van der Waals surface area (Å²) >= 11 is 0. The van der Waals surface area contributed by atoms with Crippen molar-refractivity contribution < 1.29 is 9.59 Å². The van der Waals surface area contributed by atoms with Gasteiger partial charge in [-0.05, 0) is 31.5 Å². The third-order valence-electron chi connectivity index (χ3n) is 5.34. The molecule has 2 aromatic rings. The van der Waals surface area contributed by atoms with E-state index in [1.165, 1.54) is 0 Å². The van der Waals surface area contributed by atoms with E-state index in [0.717, 1.165) is 18.7 Å². The van der Waals surface area contributed by atoms with Crippen molar-refractivity contribution in [3.63, 3.8) is 0 Å². The highest BCUT2D eigenvalue weighted by molar-refractivity contribution is 5.90. The number of benzene rings is 1. The highest BCUT2D eigenvalue weighted by Gasteiger charge is 2.32. The van der Waals surface area contributed by atoms with Gasteiger partial charge in [-0.15, -0.1) is 0 Å². The van der Waals surface area contributed by atoms with Crippen LogP contribution in [0.5, 0.6) is 0 Å². The number of amides is 2. The van der Waals surface area contributed by atoms with Gasteiger partial charge in [-0.2, -0.15) is 0 Å². The van der Waals surface area contributed by atoms with Gasteiger partial charge in [0.1, 0.15) is 17.6 Å². The summed E-state index contributed by atoms with van der Waals surface area (Å²) in [6.07, 6.45) is 0. The van der Waals surface area contributed by atoms with Crippen LogP contribution < -0.4 is 10.6 Å². The number of primary amides is 1. The summed E-state index contributed by atoms with van der Waals surface area (Å²) in [7, 11) is 0. The Morgan fingerprint density at radius 3 is 2.34 bits per heavy atom. The lowest BCUT2D eigenvalue weighted by Gasteiger charge is -2.40. The van der Waals surface area contributed by atoms with E-state index >= 15 is 0 Å². The topological polar surface area (TPSA) is 82.8 Å². The smallest absolute Gasteiger partial charge is 0.268 e. The van der Waals surface area contributed by atoms with Crippen molar-refractivity contribution in [2.75, 3.05) is 44.2 Å². The lowest BCUT2D eigenvalue weighted by Crippen LogP contribution is -2.52. The Bertz CT molecular complexity index is 830. The first-order valence-electron chi connectivity index (χ1n) is 10.1. The number of hydrogen-bond acceptors (Lipinski definition) is 5. The van der Waals surface area contributed by atoms with Crippen LogP contribution in [0.25, 0.3) is 0 Å². The Kier molecular flexibility index (Phi) is 6.82. The molecule has 29 heavy (non-hydrogen) atoms. The van der Waals surface area contributed by atoms with Crippen LogP contribution in [0.3, 0.4) is 0 Å². The third-order valence-corrected chi connectivity index (χ3v) is 5.34. The molecule has 3 rings (SSSR count). The van der Waals surface area contributed by atoms with Crippen molar-refractivity contribution in [1.82, 2.24) is 14.8 Å². The number of piperazine rings is 1. The molecular weight excluding hydrogens is 366 g/mol. The number of nitrogens with two attached hydrogens (primary N) is 1. The minimum atomic E-state index is -0.584. The van der Waals surface area contributed by atoms with Gasteiger partial charge in [0.05, 0.1) is 0 Å². The van der Waals surface area contributed by atoms with E-state index in [4.69, 9.17) is 5.73 Å². The molecule has 1 atom stereocenters. The highest BCUT2D eigenvalue weighted by atomic mass is 16.2. The Labute approximate surface area is 172 Å². The molecule has 2 heterocycles. The predicted molar refractivity (Wildman–Crippen MR) is 112 cm³/mol. The van der Waals surface area contributed by atoms with Crippen LogP contribution in [0, 0.1) is 6.07 Å². The van der Waals surface area contributed by atoms with Gasteiger partial charge in [0.15, 0.2) is 0 Å². The molecule has 2 amide bonds. The Hall–Kier alpha value is -2.93. The Balaban J connectivity index is 1.77. The molecular formula is C22H28N5O2. The Morgan fingerprint density at radius 2 is 1.76 bits per heavy atom. The van der Waals surface area contributed by atoms with Gasteiger partial charge in [0.25, 0.3) is 5.91 Å². The van der Waals surface area contributed by atoms with Crippen LogP contribution in [0.1, 0.15) is 35.9 Å². The van der Waals surface area contributed by atoms with E-state index in [9.17, 15) is 9.59 Å². The van der Waals surface area contributed by atoms with Crippen molar-refractivity contribution in [3.8, 4) is 0 Å². The van der Waals surface area contributed by atoms with Crippen molar-refractivity contribution in [3.05, 3.63) is 59.8 Å². The standard InChI is InChI=1S/C22H28N5O2/c1-3-25(4-2)22(29)20(17-9-6-5-7-10-17)27-15-13-26(14-16-27)19-12-8-11-18(24-19)21(23)28/h5-10,12,20H,3-4,13-16H2,1-2H3,(H2,23,28). The van der Waals surface area contributed by atoms with Crippen LogP contribution in [-0.2, 0) is 4.79 Å². The molecule has 153 valence electrons. The molecule has 1 saturated heterocycles. The van der Waals surface area contributed by atoms with Crippen molar-refractivity contribution in [2.45, 2.75) is 19.9 Å². The maximum atomic E-state index is 13.3. The van der Waals surface area contributed by atoms with Gasteiger partial charge in [-0.25, -0.2) is 4.98 Å². The normalized spacial score (nSPS) is 15.7. The quantitative estimate of drug-likeness (QED) is 0.773. The molecule has 0 bridgehead atoms. The molecule has 1 aromatic carbocycles. The van der Waals surface area contributed by atoms with E-state index < -0.39 is 5.91 Å². The second-order valence-electron chi connectivity index (χ2n) is 7.01. The second kappa shape index (κ2) is 9.52. The first kappa shape index (κ1) is 20.8. The number of pyridine rings is 1. The number of aromatic nitrogens is 1. The monoisotopic (exact) mass is 394 g/mol. The average molecular weight is 394 g/mol. The van der Waals surface area contributed by atoms with Crippen molar-refractivity contribution in [2.24, 2.45) is 5.73 Å². The average Bonchev–Trinajstić information content (AvgIpc) is 2.76. The van der Waals surface area contributed by atoms with E-state index in [2.05, 4.69) is 20.9 Å². The molecule has 1 aliphatic rings. The van der Waals surface area contributed by atoms with Gasteiger partial charge < -0.3 is 15.5 Å². The first-order valence-corrected chi connectivity index (χ1v) is 10.1. The number of rotatable bonds is 7. The molecule has 0 saturated carbocycles. The summed E-state index contributed by atoms with van der Waals surface area (Å²) in [6, 6.07) is 15.9. The molecule has 1 radical (unpaired) electrons. The fourth-order valence-corrected chi connectivity index (χ4v) is 3.74. The van der Waals surface area contributed by atoms with Gasteiger partial charge in [0, 0.05) is 45.3 Å². The number of carbonyl (C=O) groups excluding carboxylic acids is 2. The molecule has 1 aliphatic heterocycles. The molecule has 7 nitrogen and oxygen atoms in total. The summed E-state index contributed by atoms with van der Waals surface area (Å²) in [5.74, 6) is 0.265. The van der Waals surface area contributed by atoms with Gasteiger partial charge >= 0.3 is 0 Å². The zero-order chi connectivity index (χ0) is 20.8. The van der Waals surface area contributed by atoms with Crippen molar-refractivity contribution in [1.29, 1.82) is 0 Å². The predicted octanol–water partition coefficient (Wildman–Crippen LogP) is 1.71. The summed E-state index contributed by atoms with van der Waals surface area (Å²) in [5.41, 5.74) is 6.48. The lowest BCUT2D eigenvalue weighted by atomic mass is 10.0.